The smallest absolute Gasteiger partial charge is 0.313 e. The molecule has 4 atom stereocenters. The molecular weight excluding hydrogens is 472 g/mol. The topological polar surface area (TPSA) is 102 Å². The number of carbonyl (C=O) groups excluding carboxylic acids is 4. The fraction of sp³-hybridized carbons (Fsp3) is 0.862. The van der Waals surface area contributed by atoms with Gasteiger partial charge in [0.15, 0.2) is 6.23 Å². The van der Waals surface area contributed by atoms with Crippen molar-refractivity contribution in [1.82, 2.24) is 10.2 Å². The first kappa shape index (κ1) is 32.9. The van der Waals surface area contributed by atoms with Crippen LogP contribution in [-0.4, -0.2) is 55.1 Å². The molecule has 0 spiro atoms. The number of ether oxygens (including phenoxy) is 2. The van der Waals surface area contributed by atoms with Gasteiger partial charge in [-0.3, -0.25) is 19.2 Å². The molecule has 0 bridgehead atoms. The summed E-state index contributed by atoms with van der Waals surface area (Å²) in [6, 6.07) is 0. The third kappa shape index (κ3) is 8.99. The number of esters is 2. The molecule has 1 saturated heterocycles. The van der Waals surface area contributed by atoms with Crippen molar-refractivity contribution in [3.05, 3.63) is 0 Å². The lowest BCUT2D eigenvalue weighted by atomic mass is 9.64. The summed E-state index contributed by atoms with van der Waals surface area (Å²) in [5.41, 5.74) is -2.94. The summed E-state index contributed by atoms with van der Waals surface area (Å²) in [5, 5.41) is 2.73. The molecule has 8 nitrogen and oxygen atoms in total. The molecule has 1 rings (SSSR count). The average Bonchev–Trinajstić information content (AvgIpc) is 3.28. The van der Waals surface area contributed by atoms with Crippen LogP contribution in [0.3, 0.4) is 0 Å². The largest absolute Gasteiger partial charge is 0.465 e. The maximum absolute atomic E-state index is 13.3. The molecule has 0 aromatic carbocycles. The summed E-state index contributed by atoms with van der Waals surface area (Å²) in [6.45, 7) is 16.0. The number of hydrogen-bond acceptors (Lipinski definition) is 6. The minimum absolute atomic E-state index is 0.0227. The minimum Gasteiger partial charge on any atom is -0.465 e. The van der Waals surface area contributed by atoms with E-state index in [2.05, 4.69) is 19.2 Å². The first-order valence-corrected chi connectivity index (χ1v) is 14.1. The number of nitrogens with zero attached hydrogens (tertiary/aromatic N) is 1. The lowest BCUT2D eigenvalue weighted by molar-refractivity contribution is -0.172. The molecular formula is C29H52N2O6. The monoisotopic (exact) mass is 524 g/mol. The lowest BCUT2D eigenvalue weighted by Crippen LogP contribution is -2.48. The summed E-state index contributed by atoms with van der Waals surface area (Å²) in [7, 11) is 1.56. The van der Waals surface area contributed by atoms with Crippen molar-refractivity contribution in [2.24, 2.45) is 22.2 Å². The van der Waals surface area contributed by atoms with E-state index in [9.17, 15) is 19.2 Å². The van der Waals surface area contributed by atoms with Crippen molar-refractivity contribution >= 4 is 23.8 Å². The molecule has 0 aromatic rings. The molecule has 1 heterocycles. The van der Waals surface area contributed by atoms with Crippen molar-refractivity contribution in [2.75, 3.05) is 20.2 Å². The van der Waals surface area contributed by atoms with Crippen LogP contribution in [0.5, 0.6) is 0 Å². The molecule has 0 radical (unpaired) electrons. The lowest BCUT2D eigenvalue weighted by Gasteiger charge is -2.40. The third-order valence-electron chi connectivity index (χ3n) is 8.03. The molecule has 2 amide bonds. The van der Waals surface area contributed by atoms with E-state index in [4.69, 9.17) is 9.47 Å². The van der Waals surface area contributed by atoms with E-state index in [-0.39, 0.29) is 30.6 Å². The highest BCUT2D eigenvalue weighted by Crippen LogP contribution is 2.45. The van der Waals surface area contributed by atoms with Crippen molar-refractivity contribution in [3.8, 4) is 0 Å². The Morgan fingerprint density at radius 2 is 1.68 bits per heavy atom. The van der Waals surface area contributed by atoms with E-state index in [0.29, 0.717) is 31.9 Å². The number of rotatable bonds is 16. The number of hydrogen-bond donors (Lipinski definition) is 1. The number of carbonyl (C=O) groups is 4. The van der Waals surface area contributed by atoms with Crippen LogP contribution < -0.4 is 5.32 Å². The molecule has 214 valence electrons. The second kappa shape index (κ2) is 14.1. The number of amides is 2. The number of nitrogens with one attached hydrogen (secondary N) is 1. The van der Waals surface area contributed by atoms with Gasteiger partial charge in [-0.2, -0.15) is 0 Å². The summed E-state index contributed by atoms with van der Waals surface area (Å²) >= 11 is 0. The summed E-state index contributed by atoms with van der Waals surface area (Å²) in [6.07, 6.45) is 5.64. The molecule has 1 fully saturated rings. The standard InChI is InChI=1S/C29H52N2O6/c1-10-13-15-22(11-2)18-36-26(35)28(7,12-3)20-29(8,24(33)30-9)19-27(5,6)25(34)37-21(4)31-17-14-16-23(31)32/h21-22H,10-20H2,1-9H3,(H,30,33). The Hall–Kier alpha value is -2.12. The van der Waals surface area contributed by atoms with Crippen LogP contribution in [0, 0.1) is 22.2 Å². The maximum atomic E-state index is 13.3. The van der Waals surface area contributed by atoms with Gasteiger partial charge in [0.25, 0.3) is 0 Å². The van der Waals surface area contributed by atoms with Gasteiger partial charge in [0.2, 0.25) is 11.8 Å². The molecule has 4 unspecified atom stereocenters. The van der Waals surface area contributed by atoms with Gasteiger partial charge in [0.1, 0.15) is 0 Å². The average molecular weight is 525 g/mol. The fourth-order valence-corrected chi connectivity index (χ4v) is 5.47. The number of unbranched alkanes of at least 4 members (excludes halogenated alkanes) is 1. The van der Waals surface area contributed by atoms with Crippen LogP contribution in [0.1, 0.15) is 113 Å². The molecule has 8 heteroatoms. The van der Waals surface area contributed by atoms with Crippen LogP contribution in [0.4, 0.5) is 0 Å². The zero-order chi connectivity index (χ0) is 28.4. The first-order chi connectivity index (χ1) is 17.2. The van der Waals surface area contributed by atoms with E-state index in [1.807, 2.05) is 13.8 Å². The molecule has 0 aromatic heterocycles. The molecule has 0 aliphatic carbocycles. The van der Waals surface area contributed by atoms with Crippen molar-refractivity contribution in [2.45, 2.75) is 119 Å². The highest BCUT2D eigenvalue weighted by molar-refractivity contribution is 5.86. The van der Waals surface area contributed by atoms with E-state index in [1.54, 1.807) is 39.6 Å². The SMILES string of the molecule is CCCCC(CC)COC(=O)C(C)(CC)CC(C)(CC(C)(C)C(=O)OC(C)N1CCCC1=O)C(=O)NC. The Bertz CT molecular complexity index is 797. The van der Waals surface area contributed by atoms with Crippen LogP contribution in [0.25, 0.3) is 0 Å². The van der Waals surface area contributed by atoms with Gasteiger partial charge in [-0.15, -0.1) is 0 Å². The van der Waals surface area contributed by atoms with Gasteiger partial charge in [0, 0.05) is 25.4 Å². The Kier molecular flexibility index (Phi) is 12.6. The maximum Gasteiger partial charge on any atom is 0.313 e. The Balaban J connectivity index is 3.03. The van der Waals surface area contributed by atoms with Crippen molar-refractivity contribution in [3.63, 3.8) is 0 Å². The predicted molar refractivity (Wildman–Crippen MR) is 144 cm³/mol. The zero-order valence-corrected chi connectivity index (χ0v) is 24.8. The highest BCUT2D eigenvalue weighted by Gasteiger charge is 2.49. The fourth-order valence-electron chi connectivity index (χ4n) is 5.47. The zero-order valence-electron chi connectivity index (χ0n) is 24.8. The minimum atomic E-state index is -1.03. The quantitative estimate of drug-likeness (QED) is 0.277. The van der Waals surface area contributed by atoms with Crippen LogP contribution in [0.15, 0.2) is 0 Å². The van der Waals surface area contributed by atoms with Crippen LogP contribution >= 0.6 is 0 Å². The summed E-state index contributed by atoms with van der Waals surface area (Å²) in [5.74, 6) is -0.712. The second-order valence-corrected chi connectivity index (χ2v) is 12.0. The Morgan fingerprint density at radius 3 is 2.16 bits per heavy atom. The Labute approximate surface area is 224 Å². The van der Waals surface area contributed by atoms with Crippen LogP contribution in [0.2, 0.25) is 0 Å². The molecule has 1 N–H and O–H groups in total. The molecule has 1 aliphatic rings. The molecule has 1 aliphatic heterocycles. The van der Waals surface area contributed by atoms with Gasteiger partial charge < -0.3 is 19.7 Å². The van der Waals surface area contributed by atoms with E-state index < -0.39 is 28.4 Å². The molecule has 0 saturated carbocycles. The third-order valence-corrected chi connectivity index (χ3v) is 8.03. The highest BCUT2D eigenvalue weighted by atomic mass is 16.6. The second-order valence-electron chi connectivity index (χ2n) is 12.0. The van der Waals surface area contributed by atoms with Crippen LogP contribution in [-0.2, 0) is 28.7 Å². The van der Waals surface area contributed by atoms with Crippen molar-refractivity contribution < 1.29 is 28.7 Å². The predicted octanol–water partition coefficient (Wildman–Crippen LogP) is 5.23. The normalized spacial score (nSPS) is 18.9. The van der Waals surface area contributed by atoms with E-state index >= 15 is 0 Å². The Morgan fingerprint density at radius 1 is 1.03 bits per heavy atom. The number of likely N-dealkylation sites (tertiary alicyclic amines) is 1. The summed E-state index contributed by atoms with van der Waals surface area (Å²) < 4.78 is 11.5. The van der Waals surface area contributed by atoms with Gasteiger partial charge in [0.05, 0.1) is 17.4 Å². The van der Waals surface area contributed by atoms with Gasteiger partial charge >= 0.3 is 11.9 Å². The van der Waals surface area contributed by atoms with E-state index in [0.717, 1.165) is 32.1 Å². The van der Waals surface area contributed by atoms with Crippen molar-refractivity contribution in [1.29, 1.82) is 0 Å². The molecule has 37 heavy (non-hydrogen) atoms. The first-order valence-electron chi connectivity index (χ1n) is 14.1. The van der Waals surface area contributed by atoms with Gasteiger partial charge in [-0.25, -0.2) is 0 Å². The van der Waals surface area contributed by atoms with Gasteiger partial charge in [-0.1, -0.05) is 47.0 Å². The van der Waals surface area contributed by atoms with E-state index in [1.165, 1.54) is 0 Å². The van der Waals surface area contributed by atoms with Gasteiger partial charge in [-0.05, 0) is 65.7 Å². The summed E-state index contributed by atoms with van der Waals surface area (Å²) in [4.78, 5) is 53.3.